The zero-order valence-electron chi connectivity index (χ0n) is 15.2. The summed E-state index contributed by atoms with van der Waals surface area (Å²) >= 11 is 0. The van der Waals surface area contributed by atoms with Crippen molar-refractivity contribution in [2.45, 2.75) is 90.6 Å². The molecule has 0 aromatic carbocycles. The molecule has 0 aliphatic rings. The number of hydrogen-bond donors (Lipinski definition) is 1. The van der Waals surface area contributed by atoms with Crippen LogP contribution in [-0.2, 0) is 9.47 Å². The van der Waals surface area contributed by atoms with Gasteiger partial charge in [-0.1, -0.05) is 51.0 Å². The van der Waals surface area contributed by atoms with Gasteiger partial charge in [-0.2, -0.15) is 0 Å². The standard InChI is InChI=1S/C19H34O3/c1-7-9-11-13-15-19(20,16-14-12-10-8-2)17(3)22-18(4,5)21-6/h13,15,17,20H,7-12H2,1-6H3/b15-13+/t17-,19-/m0/s1. The average Bonchev–Trinajstić information content (AvgIpc) is 2.48. The average molecular weight is 310 g/mol. The van der Waals surface area contributed by atoms with E-state index in [1.54, 1.807) is 13.2 Å². The highest BCUT2D eigenvalue weighted by Gasteiger charge is 2.34. The van der Waals surface area contributed by atoms with E-state index in [1.165, 1.54) is 0 Å². The van der Waals surface area contributed by atoms with Crippen molar-refractivity contribution >= 4 is 0 Å². The molecule has 22 heavy (non-hydrogen) atoms. The van der Waals surface area contributed by atoms with E-state index in [2.05, 4.69) is 25.7 Å². The molecule has 3 heteroatoms. The molecule has 0 bridgehead atoms. The molecule has 1 N–H and O–H groups in total. The van der Waals surface area contributed by atoms with Gasteiger partial charge in [0.25, 0.3) is 0 Å². The summed E-state index contributed by atoms with van der Waals surface area (Å²) < 4.78 is 11.1. The van der Waals surface area contributed by atoms with Crippen LogP contribution in [0.4, 0.5) is 0 Å². The number of hydrogen-bond acceptors (Lipinski definition) is 3. The summed E-state index contributed by atoms with van der Waals surface area (Å²) in [5, 5.41) is 10.9. The first-order chi connectivity index (χ1) is 10.3. The van der Waals surface area contributed by atoms with Crippen molar-refractivity contribution in [3.05, 3.63) is 12.2 Å². The maximum Gasteiger partial charge on any atom is 0.170 e. The lowest BCUT2D eigenvalue weighted by Gasteiger charge is -2.33. The number of ether oxygens (including phenoxy) is 2. The first-order valence-corrected chi connectivity index (χ1v) is 8.44. The zero-order valence-corrected chi connectivity index (χ0v) is 15.2. The van der Waals surface area contributed by atoms with E-state index in [0.29, 0.717) is 0 Å². The van der Waals surface area contributed by atoms with Gasteiger partial charge in [0.2, 0.25) is 0 Å². The molecule has 0 fully saturated rings. The molecule has 0 aromatic heterocycles. The summed E-state index contributed by atoms with van der Waals surface area (Å²) in [6, 6.07) is 0. The molecule has 0 heterocycles. The highest BCUT2D eigenvalue weighted by atomic mass is 16.7. The van der Waals surface area contributed by atoms with Gasteiger partial charge in [0.1, 0.15) is 6.10 Å². The molecular weight excluding hydrogens is 276 g/mol. The lowest BCUT2D eigenvalue weighted by atomic mass is 9.96. The van der Waals surface area contributed by atoms with Gasteiger partial charge in [-0.05, 0) is 39.7 Å². The Labute approximate surface area is 137 Å². The number of methoxy groups -OCH3 is 1. The zero-order chi connectivity index (χ0) is 17.1. The highest BCUT2D eigenvalue weighted by molar-refractivity contribution is 5.25. The Bertz CT molecular complexity index is 376. The molecule has 0 unspecified atom stereocenters. The van der Waals surface area contributed by atoms with Crippen molar-refractivity contribution < 1.29 is 14.6 Å². The molecule has 0 aliphatic carbocycles. The molecular formula is C19H34O3. The maximum absolute atomic E-state index is 10.9. The first kappa shape index (κ1) is 21.2. The van der Waals surface area contributed by atoms with Crippen LogP contribution in [0.2, 0.25) is 0 Å². The number of aliphatic hydroxyl groups is 1. The molecule has 0 rings (SSSR count). The highest BCUT2D eigenvalue weighted by Crippen LogP contribution is 2.22. The van der Waals surface area contributed by atoms with Crippen molar-refractivity contribution in [1.29, 1.82) is 0 Å². The Morgan fingerprint density at radius 2 is 1.82 bits per heavy atom. The van der Waals surface area contributed by atoms with Crippen molar-refractivity contribution in [1.82, 2.24) is 0 Å². The molecule has 0 spiro atoms. The lowest BCUT2D eigenvalue weighted by molar-refractivity contribution is -0.239. The Balaban J connectivity index is 5.03. The molecule has 0 amide bonds. The van der Waals surface area contributed by atoms with Gasteiger partial charge >= 0.3 is 0 Å². The topological polar surface area (TPSA) is 38.7 Å². The van der Waals surface area contributed by atoms with Crippen LogP contribution < -0.4 is 0 Å². The largest absolute Gasteiger partial charge is 0.371 e. The van der Waals surface area contributed by atoms with E-state index in [1.807, 2.05) is 26.8 Å². The predicted molar refractivity (Wildman–Crippen MR) is 92.6 cm³/mol. The Morgan fingerprint density at radius 3 is 2.36 bits per heavy atom. The monoisotopic (exact) mass is 310 g/mol. The van der Waals surface area contributed by atoms with E-state index < -0.39 is 17.5 Å². The summed E-state index contributed by atoms with van der Waals surface area (Å²) in [6.07, 6.45) is 9.41. The van der Waals surface area contributed by atoms with Crippen molar-refractivity contribution in [3.8, 4) is 11.8 Å². The van der Waals surface area contributed by atoms with E-state index in [0.717, 1.165) is 38.5 Å². The number of allylic oxidation sites excluding steroid dienone is 1. The van der Waals surface area contributed by atoms with E-state index in [9.17, 15) is 5.11 Å². The third-order valence-electron chi connectivity index (χ3n) is 3.61. The van der Waals surface area contributed by atoms with Crippen LogP contribution in [0.3, 0.4) is 0 Å². The van der Waals surface area contributed by atoms with Gasteiger partial charge in [0.15, 0.2) is 11.4 Å². The predicted octanol–water partition coefficient (Wildman–Crippen LogP) is 4.45. The lowest BCUT2D eigenvalue weighted by Crippen LogP contribution is -2.44. The van der Waals surface area contributed by atoms with Crippen LogP contribution >= 0.6 is 0 Å². The fourth-order valence-electron chi connectivity index (χ4n) is 1.90. The molecule has 0 aliphatic heterocycles. The fraction of sp³-hybridized carbons (Fsp3) is 0.789. The molecule has 128 valence electrons. The van der Waals surface area contributed by atoms with Crippen LogP contribution in [0.1, 0.15) is 73.1 Å². The number of rotatable bonds is 10. The summed E-state index contributed by atoms with van der Waals surface area (Å²) in [5.41, 5.74) is -1.28. The van der Waals surface area contributed by atoms with Crippen molar-refractivity contribution in [3.63, 3.8) is 0 Å². The summed E-state index contributed by atoms with van der Waals surface area (Å²) in [4.78, 5) is 0. The summed E-state index contributed by atoms with van der Waals surface area (Å²) in [7, 11) is 1.59. The summed E-state index contributed by atoms with van der Waals surface area (Å²) in [6.45, 7) is 9.77. The Hall–Kier alpha value is -0.820. The second-order valence-corrected chi connectivity index (χ2v) is 6.14. The molecule has 0 saturated heterocycles. The molecule has 2 atom stereocenters. The van der Waals surface area contributed by atoms with Gasteiger partial charge in [0, 0.05) is 13.5 Å². The molecule has 3 nitrogen and oxygen atoms in total. The van der Waals surface area contributed by atoms with Crippen LogP contribution in [0, 0.1) is 11.8 Å². The van der Waals surface area contributed by atoms with Crippen molar-refractivity contribution in [2.75, 3.05) is 7.11 Å². The minimum absolute atomic E-state index is 0.477. The third-order valence-corrected chi connectivity index (χ3v) is 3.61. The molecule has 0 aromatic rings. The smallest absolute Gasteiger partial charge is 0.170 e. The first-order valence-electron chi connectivity index (χ1n) is 8.44. The second-order valence-electron chi connectivity index (χ2n) is 6.14. The minimum atomic E-state index is -1.28. The normalized spacial score (nSPS) is 16.1. The molecule has 0 saturated carbocycles. The van der Waals surface area contributed by atoms with Crippen LogP contribution in [0.25, 0.3) is 0 Å². The molecule has 0 radical (unpaired) electrons. The van der Waals surface area contributed by atoms with Crippen molar-refractivity contribution in [2.24, 2.45) is 0 Å². The Kier molecular flexibility index (Phi) is 10.4. The van der Waals surface area contributed by atoms with E-state index >= 15 is 0 Å². The van der Waals surface area contributed by atoms with E-state index in [-0.39, 0.29) is 0 Å². The third kappa shape index (κ3) is 8.58. The maximum atomic E-state index is 10.9. The second kappa shape index (κ2) is 10.8. The van der Waals surface area contributed by atoms with Gasteiger partial charge in [-0.3, -0.25) is 0 Å². The summed E-state index contributed by atoms with van der Waals surface area (Å²) in [5.74, 6) is 5.32. The van der Waals surface area contributed by atoms with Crippen LogP contribution in [0.15, 0.2) is 12.2 Å². The Morgan fingerprint density at radius 1 is 1.18 bits per heavy atom. The van der Waals surface area contributed by atoms with Gasteiger partial charge in [-0.15, -0.1) is 0 Å². The quantitative estimate of drug-likeness (QED) is 0.280. The van der Waals surface area contributed by atoms with Gasteiger partial charge in [-0.25, -0.2) is 0 Å². The number of unbranched alkanes of at least 4 members (excludes halogenated alkanes) is 4. The minimum Gasteiger partial charge on any atom is -0.371 e. The van der Waals surface area contributed by atoms with Crippen LogP contribution in [0.5, 0.6) is 0 Å². The fourth-order valence-corrected chi connectivity index (χ4v) is 1.90. The van der Waals surface area contributed by atoms with E-state index in [4.69, 9.17) is 9.47 Å². The van der Waals surface area contributed by atoms with Gasteiger partial charge < -0.3 is 14.6 Å². The van der Waals surface area contributed by atoms with Gasteiger partial charge in [0.05, 0.1) is 0 Å². The SMILES string of the molecule is CCCCC#C[C@@](O)(/C=C/CCCC)[C@H](C)OC(C)(C)OC. The van der Waals surface area contributed by atoms with Crippen LogP contribution in [-0.4, -0.2) is 29.7 Å².